The first-order valence-electron chi connectivity index (χ1n) is 5.92. The molecule has 0 aliphatic heterocycles. The van der Waals surface area contributed by atoms with Crippen LogP contribution in [0.3, 0.4) is 0 Å². The van der Waals surface area contributed by atoms with E-state index < -0.39 is 5.97 Å². The second kappa shape index (κ2) is 6.01. The molecule has 0 radical (unpaired) electrons. The second-order valence-electron chi connectivity index (χ2n) is 4.11. The summed E-state index contributed by atoms with van der Waals surface area (Å²) in [5, 5.41) is 12.5. The number of carbonyl (C=O) groups is 1. The van der Waals surface area contributed by atoms with Gasteiger partial charge in [0.2, 0.25) is 0 Å². The zero-order valence-electron chi connectivity index (χ0n) is 11.2. The molecule has 0 fully saturated rings. The van der Waals surface area contributed by atoms with Gasteiger partial charge in [0.15, 0.2) is 0 Å². The minimum absolute atomic E-state index is 0.0264. The summed E-state index contributed by atoms with van der Waals surface area (Å²) in [4.78, 5) is 15.3. The lowest BCUT2D eigenvalue weighted by molar-refractivity contribution is -0.142. The molecule has 2 rings (SSSR count). The van der Waals surface area contributed by atoms with Crippen LogP contribution in [0.2, 0.25) is 0 Å². The zero-order chi connectivity index (χ0) is 14.5. The van der Waals surface area contributed by atoms with Crippen molar-refractivity contribution in [2.24, 2.45) is 5.16 Å². The van der Waals surface area contributed by atoms with Gasteiger partial charge in [0, 0.05) is 17.9 Å². The normalized spacial score (nSPS) is 10.9. The molecule has 1 N–H and O–H groups in total. The highest BCUT2D eigenvalue weighted by atomic mass is 16.5. The number of aromatic nitrogens is 1. The topological polar surface area (TPSA) is 81.0 Å². The summed E-state index contributed by atoms with van der Waals surface area (Å²) in [7, 11) is 1.58. The standard InChI is InChI=1S/C14H14N2O4/c1-9(17)20-8-14-11(7-15-18)5-10-6-12(19-2)3-4-13(10)16-14/h3-7,18H,8H2,1-2H3/b15-7+. The van der Waals surface area contributed by atoms with E-state index in [1.54, 1.807) is 19.2 Å². The van der Waals surface area contributed by atoms with Crippen molar-refractivity contribution in [2.75, 3.05) is 7.11 Å². The van der Waals surface area contributed by atoms with Crippen LogP contribution in [0.1, 0.15) is 18.2 Å². The molecule has 0 aliphatic rings. The fourth-order valence-corrected chi connectivity index (χ4v) is 1.80. The van der Waals surface area contributed by atoms with Crippen LogP contribution < -0.4 is 4.74 Å². The predicted octanol–water partition coefficient (Wildman–Crippen LogP) is 2.11. The van der Waals surface area contributed by atoms with Crippen molar-refractivity contribution in [1.82, 2.24) is 4.98 Å². The number of oxime groups is 1. The van der Waals surface area contributed by atoms with Crippen molar-refractivity contribution in [3.8, 4) is 5.75 Å². The van der Waals surface area contributed by atoms with E-state index in [0.29, 0.717) is 17.0 Å². The van der Waals surface area contributed by atoms with Gasteiger partial charge in [-0.25, -0.2) is 4.98 Å². The number of carbonyl (C=O) groups excluding carboxylic acids is 1. The maximum Gasteiger partial charge on any atom is 0.303 e. The Kier molecular flexibility index (Phi) is 4.14. The van der Waals surface area contributed by atoms with Gasteiger partial charge in [0.1, 0.15) is 12.4 Å². The molecule has 0 amide bonds. The van der Waals surface area contributed by atoms with Crippen LogP contribution in [-0.2, 0) is 16.1 Å². The summed E-state index contributed by atoms with van der Waals surface area (Å²) in [6.45, 7) is 1.35. The third kappa shape index (κ3) is 3.03. The molecule has 0 saturated heterocycles. The van der Waals surface area contributed by atoms with Gasteiger partial charge in [0.25, 0.3) is 0 Å². The lowest BCUT2D eigenvalue weighted by Gasteiger charge is -2.08. The number of hydrogen-bond donors (Lipinski definition) is 1. The van der Waals surface area contributed by atoms with E-state index in [9.17, 15) is 4.79 Å². The Morgan fingerprint density at radius 3 is 2.90 bits per heavy atom. The Hall–Kier alpha value is -2.63. The monoisotopic (exact) mass is 274 g/mol. The maximum absolute atomic E-state index is 10.9. The van der Waals surface area contributed by atoms with Crippen molar-refractivity contribution in [3.05, 3.63) is 35.5 Å². The van der Waals surface area contributed by atoms with Crippen molar-refractivity contribution < 1.29 is 19.5 Å². The lowest BCUT2D eigenvalue weighted by Crippen LogP contribution is -2.04. The molecule has 0 bridgehead atoms. The number of ether oxygens (including phenoxy) is 2. The third-order valence-electron chi connectivity index (χ3n) is 2.74. The van der Waals surface area contributed by atoms with Crippen molar-refractivity contribution in [1.29, 1.82) is 0 Å². The molecular formula is C14H14N2O4. The summed E-state index contributed by atoms with van der Waals surface area (Å²) in [5.74, 6) is 0.312. The molecule has 6 heteroatoms. The maximum atomic E-state index is 10.9. The molecule has 2 aromatic rings. The highest BCUT2D eigenvalue weighted by Gasteiger charge is 2.08. The SMILES string of the molecule is COc1ccc2nc(COC(C)=O)c(/C=N/O)cc2c1. The molecule has 6 nitrogen and oxygen atoms in total. The van der Waals surface area contributed by atoms with E-state index >= 15 is 0 Å². The molecule has 1 aromatic heterocycles. The summed E-state index contributed by atoms with van der Waals surface area (Å²) in [5.41, 5.74) is 1.84. The minimum Gasteiger partial charge on any atom is -0.497 e. The smallest absolute Gasteiger partial charge is 0.303 e. The van der Waals surface area contributed by atoms with Gasteiger partial charge in [-0.1, -0.05) is 5.16 Å². The molecule has 0 unspecified atom stereocenters. The second-order valence-corrected chi connectivity index (χ2v) is 4.11. The number of fused-ring (bicyclic) bond motifs is 1. The predicted molar refractivity (Wildman–Crippen MR) is 73.1 cm³/mol. The van der Waals surface area contributed by atoms with Gasteiger partial charge in [-0.2, -0.15) is 0 Å². The lowest BCUT2D eigenvalue weighted by atomic mass is 10.1. The number of hydrogen-bond acceptors (Lipinski definition) is 6. The van der Waals surface area contributed by atoms with Crippen LogP contribution in [-0.4, -0.2) is 29.5 Å². The summed E-state index contributed by atoms with van der Waals surface area (Å²) < 4.78 is 10.1. The molecular weight excluding hydrogens is 260 g/mol. The van der Waals surface area contributed by atoms with Crippen molar-refractivity contribution in [2.45, 2.75) is 13.5 Å². The van der Waals surface area contributed by atoms with Gasteiger partial charge in [0.05, 0.1) is 24.5 Å². The van der Waals surface area contributed by atoms with Gasteiger partial charge in [-0.3, -0.25) is 4.79 Å². The number of methoxy groups -OCH3 is 1. The fraction of sp³-hybridized carbons (Fsp3) is 0.214. The first-order valence-corrected chi connectivity index (χ1v) is 5.92. The van der Waals surface area contributed by atoms with Gasteiger partial charge >= 0.3 is 5.97 Å². The van der Waals surface area contributed by atoms with Crippen molar-refractivity contribution >= 4 is 23.1 Å². The van der Waals surface area contributed by atoms with E-state index in [-0.39, 0.29) is 6.61 Å². The molecule has 1 heterocycles. The van der Waals surface area contributed by atoms with E-state index in [1.165, 1.54) is 13.1 Å². The van der Waals surface area contributed by atoms with Crippen LogP contribution in [0.4, 0.5) is 0 Å². The zero-order valence-corrected chi connectivity index (χ0v) is 11.2. The number of nitrogens with zero attached hydrogens (tertiary/aromatic N) is 2. The van der Waals surface area contributed by atoms with Gasteiger partial charge in [-0.15, -0.1) is 0 Å². The van der Waals surface area contributed by atoms with Crippen LogP contribution in [0.15, 0.2) is 29.4 Å². The first-order chi connectivity index (χ1) is 9.63. The Morgan fingerprint density at radius 2 is 2.25 bits per heavy atom. The number of pyridine rings is 1. The first kappa shape index (κ1) is 13.8. The largest absolute Gasteiger partial charge is 0.497 e. The fourth-order valence-electron chi connectivity index (χ4n) is 1.80. The molecule has 0 atom stereocenters. The number of esters is 1. The molecule has 1 aromatic carbocycles. The Morgan fingerprint density at radius 1 is 1.45 bits per heavy atom. The molecule has 104 valence electrons. The number of rotatable bonds is 4. The average molecular weight is 274 g/mol. The minimum atomic E-state index is -0.395. The Labute approximate surface area is 115 Å². The van der Waals surface area contributed by atoms with E-state index in [4.69, 9.17) is 14.7 Å². The summed E-state index contributed by atoms with van der Waals surface area (Å²) >= 11 is 0. The summed E-state index contributed by atoms with van der Waals surface area (Å²) in [6.07, 6.45) is 1.25. The van der Waals surface area contributed by atoms with Crippen LogP contribution in [0.5, 0.6) is 5.75 Å². The van der Waals surface area contributed by atoms with Crippen molar-refractivity contribution in [3.63, 3.8) is 0 Å². The average Bonchev–Trinajstić information content (AvgIpc) is 2.44. The van der Waals surface area contributed by atoms with Crippen LogP contribution in [0.25, 0.3) is 10.9 Å². The molecule has 0 aliphatic carbocycles. The van der Waals surface area contributed by atoms with E-state index in [1.807, 2.05) is 12.1 Å². The molecule has 20 heavy (non-hydrogen) atoms. The molecule has 0 saturated carbocycles. The number of benzene rings is 1. The van der Waals surface area contributed by atoms with E-state index in [0.717, 1.165) is 10.9 Å². The highest BCUT2D eigenvalue weighted by Crippen LogP contribution is 2.22. The van der Waals surface area contributed by atoms with E-state index in [2.05, 4.69) is 10.1 Å². The molecule has 0 spiro atoms. The van der Waals surface area contributed by atoms with Gasteiger partial charge < -0.3 is 14.7 Å². The Balaban J connectivity index is 2.49. The van der Waals surface area contributed by atoms with Gasteiger partial charge in [-0.05, 0) is 24.3 Å². The highest BCUT2D eigenvalue weighted by molar-refractivity contribution is 5.89. The Bertz CT molecular complexity index is 668. The van der Waals surface area contributed by atoms with Crippen LogP contribution in [0, 0.1) is 0 Å². The van der Waals surface area contributed by atoms with Crippen LogP contribution >= 0.6 is 0 Å². The quantitative estimate of drug-likeness (QED) is 0.399. The third-order valence-corrected chi connectivity index (χ3v) is 2.74. The summed E-state index contributed by atoms with van der Waals surface area (Å²) in [6, 6.07) is 7.23.